The van der Waals surface area contributed by atoms with Crippen molar-refractivity contribution in [1.82, 2.24) is 0 Å². The van der Waals surface area contributed by atoms with Crippen molar-refractivity contribution in [3.63, 3.8) is 0 Å². The number of carbonyl (C=O) groups is 3. The monoisotopic (exact) mass is 318 g/mol. The summed E-state index contributed by atoms with van der Waals surface area (Å²) >= 11 is 0. The van der Waals surface area contributed by atoms with Crippen molar-refractivity contribution in [3.8, 4) is 0 Å². The lowest BCUT2D eigenvalue weighted by atomic mass is 10.1. The third-order valence-corrected chi connectivity index (χ3v) is 3.82. The number of rotatable bonds is 5. The van der Waals surface area contributed by atoms with E-state index in [-0.39, 0.29) is 23.7 Å². The molecule has 6 heteroatoms. The molecule has 1 aliphatic rings. The van der Waals surface area contributed by atoms with Gasteiger partial charge >= 0.3 is 5.97 Å². The van der Waals surface area contributed by atoms with Gasteiger partial charge in [-0.1, -0.05) is 12.8 Å². The van der Waals surface area contributed by atoms with Gasteiger partial charge in [-0.2, -0.15) is 0 Å². The Morgan fingerprint density at radius 3 is 2.09 bits per heavy atom. The minimum absolute atomic E-state index is 0.0674. The summed E-state index contributed by atoms with van der Waals surface area (Å²) in [4.78, 5) is 34.9. The average Bonchev–Trinajstić information content (AvgIpc) is 3.03. The first-order valence-corrected chi connectivity index (χ1v) is 7.84. The molecule has 0 aromatic heterocycles. The number of nitrogens with one attached hydrogen (secondary N) is 2. The molecule has 1 aromatic rings. The van der Waals surface area contributed by atoms with E-state index in [1.54, 1.807) is 31.2 Å². The molecule has 1 aromatic carbocycles. The van der Waals surface area contributed by atoms with Crippen molar-refractivity contribution in [2.75, 3.05) is 10.6 Å². The Labute approximate surface area is 135 Å². The maximum Gasteiger partial charge on any atom is 0.309 e. The van der Waals surface area contributed by atoms with Gasteiger partial charge in [0.15, 0.2) is 6.10 Å². The van der Waals surface area contributed by atoms with Crippen LogP contribution < -0.4 is 10.6 Å². The molecule has 0 heterocycles. The summed E-state index contributed by atoms with van der Waals surface area (Å²) in [5, 5.41) is 5.33. The Balaban J connectivity index is 1.85. The van der Waals surface area contributed by atoms with E-state index in [2.05, 4.69) is 10.6 Å². The van der Waals surface area contributed by atoms with Gasteiger partial charge in [-0.15, -0.1) is 0 Å². The quantitative estimate of drug-likeness (QED) is 0.818. The second kappa shape index (κ2) is 7.76. The highest BCUT2D eigenvalue weighted by Crippen LogP contribution is 2.26. The maximum atomic E-state index is 12.1. The molecule has 0 saturated heterocycles. The predicted octanol–water partition coefficient (Wildman–Crippen LogP) is 2.71. The van der Waals surface area contributed by atoms with E-state index in [0.717, 1.165) is 25.7 Å². The first kappa shape index (κ1) is 17.0. The molecule has 124 valence electrons. The molecular weight excluding hydrogens is 296 g/mol. The zero-order chi connectivity index (χ0) is 16.8. The van der Waals surface area contributed by atoms with Gasteiger partial charge in [0.25, 0.3) is 5.91 Å². The van der Waals surface area contributed by atoms with Gasteiger partial charge in [0.1, 0.15) is 0 Å². The lowest BCUT2D eigenvalue weighted by Gasteiger charge is -2.16. The Hall–Kier alpha value is -2.37. The standard InChI is InChI=1S/C17H22N2O4/c1-11(23-17(22)13-5-3-4-6-13)16(21)19-15-9-7-14(8-10-15)18-12(2)20/h7-11,13H,3-6H2,1-2H3,(H,18,20)(H,19,21)/t11-/m0/s1. The molecular formula is C17H22N2O4. The fourth-order valence-corrected chi connectivity index (χ4v) is 2.57. The molecule has 0 aliphatic heterocycles. The first-order chi connectivity index (χ1) is 11.0. The summed E-state index contributed by atoms with van der Waals surface area (Å²) in [6, 6.07) is 6.72. The largest absolute Gasteiger partial charge is 0.452 e. The van der Waals surface area contributed by atoms with Crippen LogP contribution >= 0.6 is 0 Å². The van der Waals surface area contributed by atoms with Gasteiger partial charge < -0.3 is 15.4 Å². The van der Waals surface area contributed by atoms with Crippen LogP contribution in [0.4, 0.5) is 11.4 Å². The number of amides is 2. The number of benzene rings is 1. The molecule has 2 N–H and O–H groups in total. The second-order valence-electron chi connectivity index (χ2n) is 5.81. The summed E-state index contributed by atoms with van der Waals surface area (Å²) in [6.45, 7) is 2.99. The Bertz CT molecular complexity index is 577. The molecule has 2 rings (SSSR count). The van der Waals surface area contributed by atoms with Crippen LogP contribution in [-0.4, -0.2) is 23.9 Å². The predicted molar refractivity (Wildman–Crippen MR) is 86.9 cm³/mol. The van der Waals surface area contributed by atoms with Crippen LogP contribution in [0.25, 0.3) is 0 Å². The molecule has 0 radical (unpaired) electrons. The van der Waals surface area contributed by atoms with Crippen molar-refractivity contribution in [2.24, 2.45) is 5.92 Å². The molecule has 0 unspecified atom stereocenters. The highest BCUT2D eigenvalue weighted by Gasteiger charge is 2.27. The van der Waals surface area contributed by atoms with Crippen LogP contribution in [0.1, 0.15) is 39.5 Å². The van der Waals surface area contributed by atoms with Crippen molar-refractivity contribution >= 4 is 29.2 Å². The molecule has 1 saturated carbocycles. The summed E-state index contributed by atoms with van der Waals surface area (Å²) < 4.78 is 5.24. The SMILES string of the molecule is CC(=O)Nc1ccc(NC(=O)[C@H](C)OC(=O)C2CCCC2)cc1. The van der Waals surface area contributed by atoms with Crippen LogP contribution in [0.2, 0.25) is 0 Å². The molecule has 1 aliphatic carbocycles. The lowest BCUT2D eigenvalue weighted by molar-refractivity contribution is -0.157. The van der Waals surface area contributed by atoms with E-state index in [4.69, 9.17) is 4.74 Å². The van der Waals surface area contributed by atoms with E-state index in [1.807, 2.05) is 0 Å². The molecule has 23 heavy (non-hydrogen) atoms. The van der Waals surface area contributed by atoms with Gasteiger partial charge in [-0.25, -0.2) is 0 Å². The first-order valence-electron chi connectivity index (χ1n) is 7.84. The van der Waals surface area contributed by atoms with Crippen molar-refractivity contribution in [3.05, 3.63) is 24.3 Å². The zero-order valence-electron chi connectivity index (χ0n) is 13.4. The lowest BCUT2D eigenvalue weighted by Crippen LogP contribution is -2.31. The van der Waals surface area contributed by atoms with E-state index < -0.39 is 6.10 Å². The van der Waals surface area contributed by atoms with E-state index in [1.165, 1.54) is 6.92 Å². The Morgan fingerprint density at radius 1 is 1.04 bits per heavy atom. The fraction of sp³-hybridized carbons (Fsp3) is 0.471. The Kier molecular flexibility index (Phi) is 5.73. The van der Waals surface area contributed by atoms with Crippen LogP contribution in [0.5, 0.6) is 0 Å². The van der Waals surface area contributed by atoms with Gasteiger partial charge in [-0.05, 0) is 44.0 Å². The van der Waals surface area contributed by atoms with Crippen LogP contribution in [-0.2, 0) is 19.1 Å². The highest BCUT2D eigenvalue weighted by atomic mass is 16.5. The number of hydrogen-bond donors (Lipinski definition) is 2. The summed E-state index contributed by atoms with van der Waals surface area (Å²) in [5.41, 5.74) is 1.23. The topological polar surface area (TPSA) is 84.5 Å². The average molecular weight is 318 g/mol. The zero-order valence-corrected chi connectivity index (χ0v) is 13.4. The maximum absolute atomic E-state index is 12.1. The smallest absolute Gasteiger partial charge is 0.309 e. The number of ether oxygens (including phenoxy) is 1. The minimum Gasteiger partial charge on any atom is -0.452 e. The van der Waals surface area contributed by atoms with Gasteiger partial charge in [0.05, 0.1) is 5.92 Å². The van der Waals surface area contributed by atoms with Crippen LogP contribution in [0.15, 0.2) is 24.3 Å². The Morgan fingerprint density at radius 2 is 1.57 bits per heavy atom. The van der Waals surface area contributed by atoms with E-state index >= 15 is 0 Å². The van der Waals surface area contributed by atoms with Crippen molar-refractivity contribution in [2.45, 2.75) is 45.6 Å². The minimum atomic E-state index is -0.835. The molecule has 6 nitrogen and oxygen atoms in total. The van der Waals surface area contributed by atoms with Crippen LogP contribution in [0.3, 0.4) is 0 Å². The summed E-state index contributed by atoms with van der Waals surface area (Å²) in [5.74, 6) is -0.883. The van der Waals surface area contributed by atoms with Crippen molar-refractivity contribution < 1.29 is 19.1 Å². The summed E-state index contributed by atoms with van der Waals surface area (Å²) in [6.07, 6.45) is 2.94. The molecule has 1 fully saturated rings. The molecule has 0 bridgehead atoms. The number of carbonyl (C=O) groups excluding carboxylic acids is 3. The second-order valence-corrected chi connectivity index (χ2v) is 5.81. The molecule has 2 amide bonds. The highest BCUT2D eigenvalue weighted by molar-refractivity contribution is 5.95. The third kappa shape index (κ3) is 5.09. The van der Waals surface area contributed by atoms with E-state index in [9.17, 15) is 14.4 Å². The molecule has 0 spiro atoms. The van der Waals surface area contributed by atoms with E-state index in [0.29, 0.717) is 11.4 Å². The fourth-order valence-electron chi connectivity index (χ4n) is 2.57. The summed E-state index contributed by atoms with van der Waals surface area (Å²) in [7, 11) is 0. The third-order valence-electron chi connectivity index (χ3n) is 3.82. The van der Waals surface area contributed by atoms with Gasteiger partial charge in [-0.3, -0.25) is 14.4 Å². The van der Waals surface area contributed by atoms with Gasteiger partial charge in [0, 0.05) is 18.3 Å². The number of hydrogen-bond acceptors (Lipinski definition) is 4. The van der Waals surface area contributed by atoms with Crippen LogP contribution in [0, 0.1) is 5.92 Å². The normalized spacial score (nSPS) is 15.7. The van der Waals surface area contributed by atoms with Crippen molar-refractivity contribution in [1.29, 1.82) is 0 Å². The number of esters is 1. The van der Waals surface area contributed by atoms with Gasteiger partial charge in [0.2, 0.25) is 5.91 Å². The molecule has 1 atom stereocenters. The number of anilines is 2.